The summed E-state index contributed by atoms with van der Waals surface area (Å²) in [6, 6.07) is 8.31. The van der Waals surface area contributed by atoms with Crippen molar-refractivity contribution >= 4 is 17.3 Å². The van der Waals surface area contributed by atoms with Gasteiger partial charge in [0, 0.05) is 5.69 Å². The van der Waals surface area contributed by atoms with E-state index in [0.29, 0.717) is 24.1 Å². The van der Waals surface area contributed by atoms with Gasteiger partial charge in [-0.1, -0.05) is 12.1 Å². The SMILES string of the molecule is CCOC(=O)c1ncc(Nc2cccc(C)c2)c2c1C1CCC2C1. The molecule has 124 valence electrons. The second-order valence-electron chi connectivity index (χ2n) is 6.77. The van der Waals surface area contributed by atoms with E-state index in [1.54, 1.807) is 6.20 Å². The number of carbonyl (C=O) groups is 1. The summed E-state index contributed by atoms with van der Waals surface area (Å²) >= 11 is 0. The van der Waals surface area contributed by atoms with Gasteiger partial charge in [-0.05, 0) is 73.8 Å². The molecule has 4 heteroatoms. The van der Waals surface area contributed by atoms with Crippen molar-refractivity contribution in [2.45, 2.75) is 44.9 Å². The maximum absolute atomic E-state index is 12.3. The van der Waals surface area contributed by atoms with E-state index in [-0.39, 0.29) is 5.97 Å². The van der Waals surface area contributed by atoms with E-state index in [1.165, 1.54) is 17.5 Å². The van der Waals surface area contributed by atoms with Gasteiger partial charge in [-0.3, -0.25) is 0 Å². The van der Waals surface area contributed by atoms with Crippen LogP contribution < -0.4 is 5.32 Å². The number of anilines is 2. The quantitative estimate of drug-likeness (QED) is 0.831. The number of hydrogen-bond acceptors (Lipinski definition) is 4. The summed E-state index contributed by atoms with van der Waals surface area (Å²) in [5.74, 6) is 0.702. The fourth-order valence-electron chi connectivity index (χ4n) is 4.24. The van der Waals surface area contributed by atoms with E-state index >= 15 is 0 Å². The lowest BCUT2D eigenvalue weighted by molar-refractivity contribution is 0.0517. The maximum atomic E-state index is 12.3. The normalized spacial score (nSPS) is 20.8. The lowest BCUT2D eigenvalue weighted by atomic mass is 9.89. The summed E-state index contributed by atoms with van der Waals surface area (Å²) in [7, 11) is 0. The number of rotatable bonds is 4. The number of esters is 1. The molecule has 2 aromatic rings. The van der Waals surface area contributed by atoms with Gasteiger partial charge in [0.1, 0.15) is 0 Å². The minimum Gasteiger partial charge on any atom is -0.461 e. The third kappa shape index (κ3) is 2.46. The van der Waals surface area contributed by atoms with Crippen molar-refractivity contribution in [1.82, 2.24) is 4.98 Å². The average Bonchev–Trinajstić information content (AvgIpc) is 3.17. The topological polar surface area (TPSA) is 51.2 Å². The smallest absolute Gasteiger partial charge is 0.357 e. The van der Waals surface area contributed by atoms with Crippen molar-refractivity contribution in [3.8, 4) is 0 Å². The van der Waals surface area contributed by atoms with Crippen molar-refractivity contribution in [1.29, 1.82) is 0 Å². The lowest BCUT2D eigenvalue weighted by Crippen LogP contribution is -2.15. The Hall–Kier alpha value is -2.36. The molecule has 2 unspecified atom stereocenters. The predicted molar refractivity (Wildman–Crippen MR) is 94.0 cm³/mol. The minimum absolute atomic E-state index is 0.289. The number of carbonyl (C=O) groups excluding carboxylic acids is 1. The van der Waals surface area contributed by atoms with E-state index in [1.807, 2.05) is 13.0 Å². The average molecular weight is 322 g/mol. The first-order chi connectivity index (χ1) is 11.7. The largest absolute Gasteiger partial charge is 0.461 e. The van der Waals surface area contributed by atoms with Gasteiger partial charge < -0.3 is 10.1 Å². The third-order valence-electron chi connectivity index (χ3n) is 5.17. The highest BCUT2D eigenvalue weighted by molar-refractivity contribution is 5.91. The van der Waals surface area contributed by atoms with Gasteiger partial charge in [0.2, 0.25) is 0 Å². The Morgan fingerprint density at radius 3 is 2.83 bits per heavy atom. The first-order valence-corrected chi connectivity index (χ1v) is 8.71. The summed E-state index contributed by atoms with van der Waals surface area (Å²) in [5.41, 5.74) is 6.25. The molecule has 2 bridgehead atoms. The van der Waals surface area contributed by atoms with Crippen molar-refractivity contribution in [2.75, 3.05) is 11.9 Å². The molecule has 24 heavy (non-hydrogen) atoms. The highest BCUT2D eigenvalue weighted by atomic mass is 16.5. The number of aromatic nitrogens is 1. The molecule has 1 aromatic heterocycles. The zero-order valence-corrected chi connectivity index (χ0v) is 14.1. The first kappa shape index (κ1) is 15.2. The van der Waals surface area contributed by atoms with Crippen LogP contribution >= 0.6 is 0 Å². The molecule has 2 atom stereocenters. The predicted octanol–water partition coefficient (Wildman–Crippen LogP) is 4.68. The number of ether oxygens (including phenoxy) is 1. The standard InChI is InChI=1S/C20H22N2O2/c1-3-24-20(23)19-18-14-8-7-13(10-14)17(18)16(11-21-19)22-15-6-4-5-12(2)9-15/h4-6,9,11,13-14,22H,3,7-8,10H2,1-2H3. The van der Waals surface area contributed by atoms with Crippen molar-refractivity contribution in [2.24, 2.45) is 0 Å². The van der Waals surface area contributed by atoms with Gasteiger partial charge in [0.15, 0.2) is 5.69 Å². The summed E-state index contributed by atoms with van der Waals surface area (Å²) in [4.78, 5) is 16.8. The lowest BCUT2D eigenvalue weighted by Gasteiger charge is -2.21. The Morgan fingerprint density at radius 1 is 1.29 bits per heavy atom. The first-order valence-electron chi connectivity index (χ1n) is 8.71. The maximum Gasteiger partial charge on any atom is 0.357 e. The summed E-state index contributed by atoms with van der Waals surface area (Å²) in [6.45, 7) is 4.30. The van der Waals surface area contributed by atoms with Gasteiger partial charge in [0.05, 0.1) is 18.5 Å². The monoisotopic (exact) mass is 322 g/mol. The Bertz CT molecular complexity index is 800. The van der Waals surface area contributed by atoms with Crippen LogP contribution in [0.3, 0.4) is 0 Å². The van der Waals surface area contributed by atoms with Crippen LogP contribution in [-0.2, 0) is 4.74 Å². The van der Waals surface area contributed by atoms with Crippen LogP contribution in [0.4, 0.5) is 11.4 Å². The number of aryl methyl sites for hydroxylation is 1. The van der Waals surface area contributed by atoms with Crippen molar-refractivity contribution in [3.05, 3.63) is 52.8 Å². The van der Waals surface area contributed by atoms with Gasteiger partial charge in [0.25, 0.3) is 0 Å². The molecule has 0 saturated heterocycles. The van der Waals surface area contributed by atoms with Crippen LogP contribution in [-0.4, -0.2) is 17.6 Å². The highest BCUT2D eigenvalue weighted by Gasteiger charge is 2.42. The van der Waals surface area contributed by atoms with Crippen molar-refractivity contribution < 1.29 is 9.53 Å². The highest BCUT2D eigenvalue weighted by Crippen LogP contribution is 2.56. The Morgan fingerprint density at radius 2 is 2.08 bits per heavy atom. The number of hydrogen-bond donors (Lipinski definition) is 1. The third-order valence-corrected chi connectivity index (χ3v) is 5.17. The number of nitrogens with zero attached hydrogens (tertiary/aromatic N) is 1. The molecular weight excluding hydrogens is 300 g/mol. The molecule has 2 aliphatic carbocycles. The van der Waals surface area contributed by atoms with E-state index in [0.717, 1.165) is 29.8 Å². The molecule has 1 saturated carbocycles. The molecular formula is C20H22N2O2. The van der Waals surface area contributed by atoms with Crippen molar-refractivity contribution in [3.63, 3.8) is 0 Å². The van der Waals surface area contributed by atoms with Gasteiger partial charge >= 0.3 is 5.97 Å². The van der Waals surface area contributed by atoms with Crippen LogP contribution in [0.15, 0.2) is 30.5 Å². The van der Waals surface area contributed by atoms with E-state index in [4.69, 9.17) is 4.74 Å². The number of nitrogens with one attached hydrogen (secondary N) is 1. The van der Waals surface area contributed by atoms with Gasteiger partial charge in [-0.25, -0.2) is 9.78 Å². The van der Waals surface area contributed by atoms with Gasteiger partial charge in [-0.2, -0.15) is 0 Å². The second kappa shape index (κ2) is 5.93. The molecule has 2 aliphatic rings. The Kier molecular flexibility index (Phi) is 3.75. The molecule has 0 spiro atoms. The summed E-state index contributed by atoms with van der Waals surface area (Å²) in [5, 5.41) is 3.51. The molecule has 1 fully saturated rings. The number of benzene rings is 1. The Balaban J connectivity index is 1.76. The molecule has 4 nitrogen and oxygen atoms in total. The molecule has 0 aliphatic heterocycles. The number of fused-ring (bicyclic) bond motifs is 5. The molecule has 0 radical (unpaired) electrons. The van der Waals surface area contributed by atoms with Crippen LogP contribution in [0.1, 0.15) is 65.2 Å². The van der Waals surface area contributed by atoms with Crippen LogP contribution in [0.25, 0.3) is 0 Å². The molecule has 1 N–H and O–H groups in total. The second-order valence-corrected chi connectivity index (χ2v) is 6.77. The minimum atomic E-state index is -0.289. The van der Waals surface area contributed by atoms with E-state index in [2.05, 4.69) is 35.4 Å². The summed E-state index contributed by atoms with van der Waals surface area (Å²) < 4.78 is 5.21. The fraction of sp³-hybridized carbons (Fsp3) is 0.400. The van der Waals surface area contributed by atoms with Crippen LogP contribution in [0, 0.1) is 6.92 Å². The zero-order valence-electron chi connectivity index (χ0n) is 14.1. The Labute approximate surface area is 142 Å². The molecule has 4 rings (SSSR count). The van der Waals surface area contributed by atoms with Crippen LogP contribution in [0.5, 0.6) is 0 Å². The number of pyridine rings is 1. The van der Waals surface area contributed by atoms with Crippen LogP contribution in [0.2, 0.25) is 0 Å². The molecule has 1 aromatic carbocycles. The summed E-state index contributed by atoms with van der Waals surface area (Å²) in [6.07, 6.45) is 5.29. The fourth-order valence-corrected chi connectivity index (χ4v) is 4.24. The van der Waals surface area contributed by atoms with E-state index in [9.17, 15) is 4.79 Å². The molecule has 0 amide bonds. The van der Waals surface area contributed by atoms with E-state index < -0.39 is 0 Å². The zero-order chi connectivity index (χ0) is 16.7. The van der Waals surface area contributed by atoms with Gasteiger partial charge in [-0.15, -0.1) is 0 Å². The molecule has 1 heterocycles.